The Morgan fingerprint density at radius 1 is 1.07 bits per heavy atom. The molecule has 28 heavy (non-hydrogen) atoms. The molecule has 6 nitrogen and oxygen atoms in total. The van der Waals surface area contributed by atoms with Gasteiger partial charge in [0.25, 0.3) is 5.91 Å². The van der Waals surface area contributed by atoms with Crippen LogP contribution in [0.15, 0.2) is 54.0 Å². The summed E-state index contributed by atoms with van der Waals surface area (Å²) in [6, 6.07) is 13.6. The normalized spacial score (nSPS) is 27.0. The number of aromatic nitrogens is 3. The number of hydrogen-bond acceptors (Lipinski definition) is 5. The number of benzene rings is 1. The van der Waals surface area contributed by atoms with Crippen LogP contribution in [-0.4, -0.2) is 50.1 Å². The topological polar surface area (TPSA) is 71.2 Å². The SMILES string of the molecule is O=C(c1cccs1)N1C[C@H]2C[C@@H](n3cc(-c4ccccc4)nn3)[C@H](O)C[C@H]2C1. The van der Waals surface area contributed by atoms with Crippen molar-refractivity contribution < 1.29 is 9.90 Å². The first-order chi connectivity index (χ1) is 13.7. The lowest BCUT2D eigenvalue weighted by molar-refractivity contribution is 0.0298. The zero-order valence-corrected chi connectivity index (χ0v) is 16.2. The maximum absolute atomic E-state index is 12.7. The molecule has 0 bridgehead atoms. The quantitative estimate of drug-likeness (QED) is 0.741. The van der Waals surface area contributed by atoms with Gasteiger partial charge in [0.05, 0.1) is 23.2 Å². The molecule has 3 heterocycles. The molecule has 2 fully saturated rings. The van der Waals surface area contributed by atoms with Crippen LogP contribution in [0.5, 0.6) is 0 Å². The van der Waals surface area contributed by atoms with Crippen molar-refractivity contribution in [2.75, 3.05) is 13.1 Å². The lowest BCUT2D eigenvalue weighted by Gasteiger charge is -2.34. The fourth-order valence-corrected chi connectivity index (χ4v) is 5.28. The van der Waals surface area contributed by atoms with Crippen LogP contribution in [0.1, 0.15) is 28.6 Å². The van der Waals surface area contributed by atoms with Gasteiger partial charge in [0.15, 0.2) is 0 Å². The van der Waals surface area contributed by atoms with E-state index in [4.69, 9.17) is 0 Å². The molecule has 0 unspecified atom stereocenters. The minimum atomic E-state index is -0.469. The number of hydrogen-bond donors (Lipinski definition) is 1. The summed E-state index contributed by atoms with van der Waals surface area (Å²) >= 11 is 1.49. The molecule has 1 saturated carbocycles. The molecule has 3 aromatic rings. The van der Waals surface area contributed by atoms with Crippen molar-refractivity contribution in [3.05, 3.63) is 58.9 Å². The van der Waals surface area contributed by atoms with E-state index in [9.17, 15) is 9.90 Å². The van der Waals surface area contributed by atoms with E-state index in [1.165, 1.54) is 11.3 Å². The first-order valence-corrected chi connectivity index (χ1v) is 10.5. The van der Waals surface area contributed by atoms with E-state index >= 15 is 0 Å². The van der Waals surface area contributed by atoms with Gasteiger partial charge in [-0.15, -0.1) is 16.4 Å². The molecule has 0 spiro atoms. The largest absolute Gasteiger partial charge is 0.391 e. The standard InChI is InChI=1S/C21H22N4O2S/c26-19-10-16-12-24(21(27)20-7-4-8-28-20)11-15(16)9-18(19)25-13-17(22-23-25)14-5-2-1-3-6-14/h1-8,13,15-16,18-19,26H,9-12H2/t15-,16+,18-,19-/m1/s1. The van der Waals surface area contributed by atoms with Crippen molar-refractivity contribution in [1.29, 1.82) is 0 Å². The molecule has 1 amide bonds. The first kappa shape index (κ1) is 17.6. The van der Waals surface area contributed by atoms with Crippen molar-refractivity contribution in [1.82, 2.24) is 19.9 Å². The van der Waals surface area contributed by atoms with E-state index in [1.54, 1.807) is 0 Å². The van der Waals surface area contributed by atoms with Gasteiger partial charge < -0.3 is 10.0 Å². The van der Waals surface area contributed by atoms with E-state index in [0.29, 0.717) is 18.3 Å². The minimum absolute atomic E-state index is 0.0944. The van der Waals surface area contributed by atoms with Crippen molar-refractivity contribution in [3.63, 3.8) is 0 Å². The number of nitrogens with zero attached hydrogens (tertiary/aromatic N) is 4. The molecule has 1 saturated heterocycles. The third kappa shape index (κ3) is 3.14. The van der Waals surface area contributed by atoms with E-state index in [2.05, 4.69) is 10.3 Å². The van der Waals surface area contributed by atoms with E-state index in [1.807, 2.05) is 63.6 Å². The molecule has 1 aliphatic heterocycles. The Morgan fingerprint density at radius 3 is 2.61 bits per heavy atom. The van der Waals surface area contributed by atoms with Crippen molar-refractivity contribution in [3.8, 4) is 11.3 Å². The van der Waals surface area contributed by atoms with Crippen LogP contribution >= 0.6 is 11.3 Å². The summed E-state index contributed by atoms with van der Waals surface area (Å²) in [5.41, 5.74) is 1.83. The van der Waals surface area contributed by atoms with Gasteiger partial charge in [-0.2, -0.15) is 0 Å². The fourth-order valence-electron chi connectivity index (χ4n) is 4.59. The number of thiophene rings is 1. The molecule has 4 atom stereocenters. The Kier molecular flexibility index (Phi) is 4.49. The average Bonchev–Trinajstić information content (AvgIpc) is 3.47. The number of likely N-dealkylation sites (tertiary alicyclic amines) is 1. The molecule has 7 heteroatoms. The predicted octanol–water partition coefficient (Wildman–Crippen LogP) is 3.09. The van der Waals surface area contributed by atoms with Crippen LogP contribution in [-0.2, 0) is 0 Å². The zero-order chi connectivity index (χ0) is 19.1. The van der Waals surface area contributed by atoms with Gasteiger partial charge in [0, 0.05) is 18.7 Å². The van der Waals surface area contributed by atoms with E-state index in [-0.39, 0.29) is 11.9 Å². The summed E-state index contributed by atoms with van der Waals surface area (Å²) in [7, 11) is 0. The number of amides is 1. The van der Waals surface area contributed by atoms with E-state index in [0.717, 1.165) is 35.6 Å². The summed E-state index contributed by atoms with van der Waals surface area (Å²) in [5, 5.41) is 21.3. The first-order valence-electron chi connectivity index (χ1n) is 9.67. The molecule has 5 rings (SSSR count). The van der Waals surface area contributed by atoms with Crippen molar-refractivity contribution in [2.45, 2.75) is 25.0 Å². The van der Waals surface area contributed by atoms with Crippen LogP contribution in [0.4, 0.5) is 0 Å². The van der Waals surface area contributed by atoms with Gasteiger partial charge in [-0.05, 0) is 36.1 Å². The van der Waals surface area contributed by atoms with Crippen LogP contribution < -0.4 is 0 Å². The van der Waals surface area contributed by atoms with Crippen molar-refractivity contribution in [2.24, 2.45) is 11.8 Å². The monoisotopic (exact) mass is 394 g/mol. The highest BCUT2D eigenvalue weighted by molar-refractivity contribution is 7.12. The summed E-state index contributed by atoms with van der Waals surface area (Å²) < 4.78 is 1.81. The average molecular weight is 395 g/mol. The summed E-state index contributed by atoms with van der Waals surface area (Å²) in [6.45, 7) is 1.49. The molecule has 2 aliphatic rings. The Morgan fingerprint density at radius 2 is 1.86 bits per heavy atom. The maximum atomic E-state index is 12.7. The highest BCUT2D eigenvalue weighted by Gasteiger charge is 2.44. The van der Waals surface area contributed by atoms with Crippen LogP contribution in [0.2, 0.25) is 0 Å². The van der Waals surface area contributed by atoms with Crippen LogP contribution in [0, 0.1) is 11.8 Å². The Bertz CT molecular complexity index is 956. The Balaban J connectivity index is 1.31. The van der Waals surface area contributed by atoms with Gasteiger partial charge in [-0.25, -0.2) is 4.68 Å². The molecule has 1 N–H and O–H groups in total. The lowest BCUT2D eigenvalue weighted by atomic mass is 9.77. The van der Waals surface area contributed by atoms with Gasteiger partial charge >= 0.3 is 0 Å². The molecule has 1 aliphatic carbocycles. The highest BCUT2D eigenvalue weighted by Crippen LogP contribution is 2.41. The second kappa shape index (κ2) is 7.14. The molecular weight excluding hydrogens is 372 g/mol. The Hall–Kier alpha value is -2.51. The third-order valence-corrected chi connectivity index (χ3v) is 6.91. The van der Waals surface area contributed by atoms with Crippen LogP contribution in [0.25, 0.3) is 11.3 Å². The molecule has 0 radical (unpaired) electrons. The van der Waals surface area contributed by atoms with Gasteiger partial charge in [-0.3, -0.25) is 4.79 Å². The second-order valence-corrected chi connectivity index (χ2v) is 8.71. The minimum Gasteiger partial charge on any atom is -0.391 e. The zero-order valence-electron chi connectivity index (χ0n) is 15.4. The lowest BCUT2D eigenvalue weighted by Crippen LogP contribution is -2.36. The smallest absolute Gasteiger partial charge is 0.263 e. The number of aliphatic hydroxyl groups excluding tert-OH is 1. The number of carbonyl (C=O) groups excluding carboxylic acids is 1. The van der Waals surface area contributed by atoms with Crippen LogP contribution in [0.3, 0.4) is 0 Å². The molecule has 1 aromatic carbocycles. The van der Waals surface area contributed by atoms with E-state index < -0.39 is 6.10 Å². The van der Waals surface area contributed by atoms with Gasteiger partial charge in [0.1, 0.15) is 5.69 Å². The van der Waals surface area contributed by atoms with Gasteiger partial charge in [-0.1, -0.05) is 41.6 Å². The summed E-state index contributed by atoms with van der Waals surface area (Å²) in [4.78, 5) is 15.4. The maximum Gasteiger partial charge on any atom is 0.263 e. The highest BCUT2D eigenvalue weighted by atomic mass is 32.1. The number of aliphatic hydroxyl groups is 1. The third-order valence-electron chi connectivity index (χ3n) is 6.05. The molecule has 144 valence electrons. The predicted molar refractivity (Wildman–Crippen MR) is 107 cm³/mol. The second-order valence-electron chi connectivity index (χ2n) is 7.76. The van der Waals surface area contributed by atoms with Gasteiger partial charge in [0.2, 0.25) is 0 Å². The summed E-state index contributed by atoms with van der Waals surface area (Å²) in [6.07, 6.45) is 2.97. The number of fused-ring (bicyclic) bond motifs is 1. The molecule has 2 aromatic heterocycles. The fraction of sp³-hybridized carbons (Fsp3) is 0.381. The number of carbonyl (C=O) groups is 1. The van der Waals surface area contributed by atoms with Crippen molar-refractivity contribution >= 4 is 17.2 Å². The number of rotatable bonds is 3. The molecular formula is C21H22N4O2S. The summed E-state index contributed by atoms with van der Waals surface area (Å²) in [5.74, 6) is 0.858. The Labute approximate surface area is 167 Å².